The van der Waals surface area contributed by atoms with Gasteiger partial charge in [0, 0.05) is 12.1 Å². The van der Waals surface area contributed by atoms with E-state index in [1.807, 2.05) is 30.3 Å². The second kappa shape index (κ2) is 8.30. The summed E-state index contributed by atoms with van der Waals surface area (Å²) in [6.07, 6.45) is -0.563. The van der Waals surface area contributed by atoms with Gasteiger partial charge in [0.05, 0.1) is 12.2 Å². The number of amides is 1. The average molecular weight is 398 g/mol. The van der Waals surface area contributed by atoms with Crippen molar-refractivity contribution in [2.45, 2.75) is 32.9 Å². The van der Waals surface area contributed by atoms with Crippen molar-refractivity contribution >= 4 is 6.09 Å². The highest BCUT2D eigenvalue weighted by Gasteiger charge is 2.18. The van der Waals surface area contributed by atoms with Crippen molar-refractivity contribution in [3.05, 3.63) is 70.9 Å². The predicted molar refractivity (Wildman–Crippen MR) is 107 cm³/mol. The fourth-order valence-corrected chi connectivity index (χ4v) is 2.73. The maximum absolute atomic E-state index is 13.3. The van der Waals surface area contributed by atoms with E-state index in [1.165, 1.54) is 33.5 Å². The Morgan fingerprint density at radius 3 is 2.38 bits per heavy atom. The molecule has 0 aliphatic heterocycles. The fraction of sp³-hybridized carbons (Fsp3) is 0.286. The third kappa shape index (κ3) is 5.10. The number of nitrogens with zero attached hydrogens (tertiary/aromatic N) is 3. The summed E-state index contributed by atoms with van der Waals surface area (Å²) < 4.78 is 21.2. The molecule has 1 aromatic heterocycles. The van der Waals surface area contributed by atoms with E-state index in [1.54, 1.807) is 20.8 Å². The van der Waals surface area contributed by atoms with Gasteiger partial charge in [-0.2, -0.15) is 0 Å². The van der Waals surface area contributed by atoms with E-state index in [0.29, 0.717) is 11.5 Å². The lowest BCUT2D eigenvalue weighted by atomic mass is 10.2. The standard InChI is InChI=1S/C21H23FN4O3/c1-21(2,3)29-19(27)23-13-14-25-20(28)26(17-11-9-16(22)10-12-17)18(24-25)15-7-5-4-6-8-15/h4-12H,13-14H2,1-3H3,(H,23,27). The van der Waals surface area contributed by atoms with Crippen LogP contribution in [0.3, 0.4) is 0 Å². The molecule has 7 nitrogen and oxygen atoms in total. The molecule has 3 rings (SSSR count). The zero-order valence-corrected chi connectivity index (χ0v) is 16.6. The van der Waals surface area contributed by atoms with E-state index in [9.17, 15) is 14.0 Å². The molecule has 2 aromatic carbocycles. The molecule has 3 aromatic rings. The highest BCUT2D eigenvalue weighted by atomic mass is 19.1. The van der Waals surface area contributed by atoms with Crippen LogP contribution in [0.4, 0.5) is 9.18 Å². The Kier molecular flexibility index (Phi) is 5.81. The molecule has 8 heteroatoms. The molecule has 0 fully saturated rings. The normalized spacial score (nSPS) is 11.3. The molecule has 0 spiro atoms. The van der Waals surface area contributed by atoms with Crippen LogP contribution in [0, 0.1) is 5.82 Å². The Balaban J connectivity index is 1.88. The molecule has 1 amide bonds. The summed E-state index contributed by atoms with van der Waals surface area (Å²) in [5, 5.41) is 7.04. The fourth-order valence-electron chi connectivity index (χ4n) is 2.73. The molecule has 0 atom stereocenters. The minimum atomic E-state index is -0.606. The Morgan fingerprint density at radius 1 is 1.10 bits per heavy atom. The van der Waals surface area contributed by atoms with Crippen molar-refractivity contribution in [1.82, 2.24) is 19.7 Å². The first kappa shape index (κ1) is 20.3. The van der Waals surface area contributed by atoms with Crippen LogP contribution in [-0.2, 0) is 11.3 Å². The van der Waals surface area contributed by atoms with Crippen LogP contribution in [0.1, 0.15) is 20.8 Å². The molecular formula is C21H23FN4O3. The number of carbonyl (C=O) groups is 1. The van der Waals surface area contributed by atoms with E-state index in [4.69, 9.17) is 4.74 Å². The number of hydrogen-bond acceptors (Lipinski definition) is 4. The summed E-state index contributed by atoms with van der Waals surface area (Å²) in [7, 11) is 0. The molecule has 1 N–H and O–H groups in total. The maximum atomic E-state index is 13.3. The summed E-state index contributed by atoms with van der Waals surface area (Å²) in [5.74, 6) is 0.0384. The highest BCUT2D eigenvalue weighted by Crippen LogP contribution is 2.19. The molecule has 152 valence electrons. The molecule has 0 bridgehead atoms. The minimum Gasteiger partial charge on any atom is -0.444 e. The average Bonchev–Trinajstić information content (AvgIpc) is 2.98. The zero-order chi connectivity index (χ0) is 21.0. The smallest absolute Gasteiger partial charge is 0.407 e. The van der Waals surface area contributed by atoms with Gasteiger partial charge in [-0.1, -0.05) is 30.3 Å². The Bertz CT molecular complexity index is 1030. The number of benzene rings is 2. The largest absolute Gasteiger partial charge is 0.444 e. The number of halogens is 1. The van der Waals surface area contributed by atoms with Crippen LogP contribution in [0.25, 0.3) is 17.1 Å². The van der Waals surface area contributed by atoms with E-state index in [0.717, 1.165) is 5.56 Å². The van der Waals surface area contributed by atoms with Gasteiger partial charge in [0.15, 0.2) is 5.82 Å². The molecular weight excluding hydrogens is 375 g/mol. The van der Waals surface area contributed by atoms with Crippen molar-refractivity contribution in [3.63, 3.8) is 0 Å². The number of carbonyl (C=O) groups excluding carboxylic acids is 1. The Morgan fingerprint density at radius 2 is 1.76 bits per heavy atom. The van der Waals surface area contributed by atoms with Crippen LogP contribution in [-0.4, -0.2) is 32.6 Å². The topological polar surface area (TPSA) is 78.2 Å². The molecule has 29 heavy (non-hydrogen) atoms. The number of aromatic nitrogens is 3. The van der Waals surface area contributed by atoms with Gasteiger partial charge < -0.3 is 10.1 Å². The first-order chi connectivity index (χ1) is 13.7. The lowest BCUT2D eigenvalue weighted by Crippen LogP contribution is -2.36. The van der Waals surface area contributed by atoms with Crippen LogP contribution in [0.5, 0.6) is 0 Å². The maximum Gasteiger partial charge on any atom is 0.407 e. The Hall–Kier alpha value is -3.42. The summed E-state index contributed by atoms with van der Waals surface area (Å²) in [6, 6.07) is 14.9. The summed E-state index contributed by atoms with van der Waals surface area (Å²) in [4.78, 5) is 24.8. The second-order valence-electron chi connectivity index (χ2n) is 7.44. The molecule has 0 unspecified atom stereocenters. The van der Waals surface area contributed by atoms with Crippen LogP contribution in [0.2, 0.25) is 0 Å². The molecule has 0 saturated carbocycles. The van der Waals surface area contributed by atoms with Crippen LogP contribution >= 0.6 is 0 Å². The number of alkyl carbamates (subject to hydrolysis) is 1. The quantitative estimate of drug-likeness (QED) is 0.715. The number of hydrogen-bond donors (Lipinski definition) is 1. The van der Waals surface area contributed by atoms with Crippen molar-refractivity contribution < 1.29 is 13.9 Å². The second-order valence-corrected chi connectivity index (χ2v) is 7.44. The lowest BCUT2D eigenvalue weighted by Gasteiger charge is -2.19. The van der Waals surface area contributed by atoms with Crippen LogP contribution in [0.15, 0.2) is 59.4 Å². The zero-order valence-electron chi connectivity index (χ0n) is 16.6. The van der Waals surface area contributed by atoms with Gasteiger partial charge in [0.1, 0.15) is 11.4 Å². The molecule has 0 aliphatic carbocycles. The summed E-state index contributed by atoms with van der Waals surface area (Å²) in [6.45, 7) is 5.64. The third-order valence-electron chi connectivity index (χ3n) is 3.95. The number of ether oxygens (including phenoxy) is 1. The minimum absolute atomic E-state index is 0.159. The first-order valence-corrected chi connectivity index (χ1v) is 9.23. The van der Waals surface area contributed by atoms with Gasteiger partial charge in [-0.05, 0) is 45.0 Å². The van der Waals surface area contributed by atoms with Crippen molar-refractivity contribution in [1.29, 1.82) is 0 Å². The number of nitrogens with one attached hydrogen (secondary N) is 1. The van der Waals surface area contributed by atoms with Gasteiger partial charge >= 0.3 is 11.8 Å². The van der Waals surface area contributed by atoms with Crippen molar-refractivity contribution in [2.24, 2.45) is 0 Å². The Labute approximate surface area is 167 Å². The van der Waals surface area contributed by atoms with Crippen LogP contribution < -0.4 is 11.0 Å². The predicted octanol–water partition coefficient (Wildman–Crippen LogP) is 3.36. The van der Waals surface area contributed by atoms with Gasteiger partial charge in [-0.15, -0.1) is 5.10 Å². The van der Waals surface area contributed by atoms with E-state index >= 15 is 0 Å². The van der Waals surface area contributed by atoms with Gasteiger partial charge in [0.25, 0.3) is 0 Å². The van der Waals surface area contributed by atoms with Gasteiger partial charge in [0.2, 0.25) is 0 Å². The third-order valence-corrected chi connectivity index (χ3v) is 3.95. The molecule has 1 heterocycles. The SMILES string of the molecule is CC(C)(C)OC(=O)NCCn1nc(-c2ccccc2)n(-c2ccc(F)cc2)c1=O. The first-order valence-electron chi connectivity index (χ1n) is 9.23. The monoisotopic (exact) mass is 398 g/mol. The summed E-state index contributed by atoms with van der Waals surface area (Å²) in [5.41, 5.74) is 0.252. The van der Waals surface area contributed by atoms with E-state index in [-0.39, 0.29) is 18.8 Å². The van der Waals surface area contributed by atoms with Crippen molar-refractivity contribution in [3.8, 4) is 17.1 Å². The van der Waals surface area contributed by atoms with Gasteiger partial charge in [-0.3, -0.25) is 0 Å². The number of rotatable bonds is 5. The van der Waals surface area contributed by atoms with E-state index < -0.39 is 17.5 Å². The van der Waals surface area contributed by atoms with E-state index in [2.05, 4.69) is 10.4 Å². The molecule has 0 radical (unpaired) electrons. The molecule has 0 saturated heterocycles. The van der Waals surface area contributed by atoms with Gasteiger partial charge in [-0.25, -0.2) is 23.2 Å². The highest BCUT2D eigenvalue weighted by molar-refractivity contribution is 5.67. The lowest BCUT2D eigenvalue weighted by molar-refractivity contribution is 0.0525. The van der Waals surface area contributed by atoms with Crippen molar-refractivity contribution in [2.75, 3.05) is 6.54 Å². The molecule has 0 aliphatic rings. The summed E-state index contributed by atoms with van der Waals surface area (Å²) >= 11 is 0.